The molecule has 0 aliphatic carbocycles. The first kappa shape index (κ1) is 6.10. The molecule has 1 unspecified atom stereocenters. The van der Waals surface area contributed by atoms with Gasteiger partial charge in [0.05, 0.1) is 6.04 Å². The number of carbonyl (C=O) groups excluding carboxylic acids is 1. The van der Waals surface area contributed by atoms with Crippen LogP contribution in [0.1, 0.15) is 12.8 Å². The van der Waals surface area contributed by atoms with Crippen molar-refractivity contribution >= 4 is 5.78 Å². The van der Waals surface area contributed by atoms with Crippen LogP contribution in [0.3, 0.4) is 0 Å². The van der Waals surface area contributed by atoms with Crippen molar-refractivity contribution in [1.29, 1.82) is 0 Å². The Morgan fingerprint density at radius 3 is 3.30 bits per heavy atom. The summed E-state index contributed by atoms with van der Waals surface area (Å²) < 4.78 is 0. The summed E-state index contributed by atoms with van der Waals surface area (Å²) in [7, 11) is 0. The Morgan fingerprint density at radius 1 is 1.60 bits per heavy atom. The van der Waals surface area contributed by atoms with E-state index < -0.39 is 0 Å². The van der Waals surface area contributed by atoms with Crippen LogP contribution >= 0.6 is 0 Å². The Hall–Kier alpha value is -0.630. The molecule has 10 heavy (non-hydrogen) atoms. The summed E-state index contributed by atoms with van der Waals surface area (Å²) >= 11 is 0. The first-order valence-electron chi connectivity index (χ1n) is 3.81. The fourth-order valence-corrected chi connectivity index (χ4v) is 1.71. The Balaban J connectivity index is 2.16. The van der Waals surface area contributed by atoms with Crippen molar-refractivity contribution < 1.29 is 4.79 Å². The highest BCUT2D eigenvalue weighted by Gasteiger charge is 2.29. The minimum absolute atomic E-state index is 0.147. The van der Waals surface area contributed by atoms with E-state index in [4.69, 9.17) is 0 Å². The number of hydrogen-bond acceptors (Lipinski definition) is 2. The molecule has 2 nitrogen and oxygen atoms in total. The topological polar surface area (TPSA) is 20.3 Å². The van der Waals surface area contributed by atoms with E-state index >= 15 is 0 Å². The minimum atomic E-state index is 0.147. The SMILES string of the molecule is O=C1CCCN2CC=CC12. The van der Waals surface area contributed by atoms with E-state index in [2.05, 4.69) is 11.0 Å². The molecule has 54 valence electrons. The van der Waals surface area contributed by atoms with Crippen LogP contribution in [0.25, 0.3) is 0 Å². The lowest BCUT2D eigenvalue weighted by Gasteiger charge is -2.27. The molecule has 0 radical (unpaired) electrons. The second kappa shape index (κ2) is 2.20. The van der Waals surface area contributed by atoms with E-state index in [1.54, 1.807) is 0 Å². The predicted octanol–water partition coefficient (Wildman–Crippen LogP) is 0.590. The van der Waals surface area contributed by atoms with Crippen molar-refractivity contribution in [3.05, 3.63) is 12.2 Å². The molecule has 2 heteroatoms. The molecule has 0 aromatic carbocycles. The predicted molar refractivity (Wildman–Crippen MR) is 38.7 cm³/mol. The van der Waals surface area contributed by atoms with Crippen LogP contribution in [0.15, 0.2) is 12.2 Å². The molecule has 1 atom stereocenters. The number of carbonyl (C=O) groups is 1. The normalized spacial score (nSPS) is 32.8. The molecular weight excluding hydrogens is 126 g/mol. The van der Waals surface area contributed by atoms with Crippen LogP contribution in [0.2, 0.25) is 0 Å². The summed E-state index contributed by atoms with van der Waals surface area (Å²) in [5, 5.41) is 0. The molecule has 0 aromatic rings. The molecule has 0 spiro atoms. The van der Waals surface area contributed by atoms with E-state index in [1.807, 2.05) is 6.08 Å². The quantitative estimate of drug-likeness (QED) is 0.455. The van der Waals surface area contributed by atoms with Gasteiger partial charge in [0.15, 0.2) is 5.78 Å². The monoisotopic (exact) mass is 137 g/mol. The lowest BCUT2D eigenvalue weighted by molar-refractivity contribution is -0.124. The zero-order chi connectivity index (χ0) is 6.97. The number of piperidine rings is 1. The van der Waals surface area contributed by atoms with Crippen LogP contribution in [0.5, 0.6) is 0 Å². The molecule has 0 aromatic heterocycles. The third-order valence-electron chi connectivity index (χ3n) is 2.25. The molecule has 0 saturated carbocycles. The van der Waals surface area contributed by atoms with E-state index in [1.165, 1.54) is 0 Å². The van der Waals surface area contributed by atoms with Crippen LogP contribution in [-0.4, -0.2) is 29.8 Å². The van der Waals surface area contributed by atoms with Gasteiger partial charge in [0.2, 0.25) is 0 Å². The number of ketones is 1. The first-order chi connectivity index (χ1) is 4.88. The van der Waals surface area contributed by atoms with Crippen LogP contribution < -0.4 is 0 Å². The minimum Gasteiger partial charge on any atom is -0.298 e. The Kier molecular flexibility index (Phi) is 1.34. The number of fused-ring (bicyclic) bond motifs is 1. The number of Topliss-reactive ketones (excluding diaryl/α,β-unsaturated/α-hetero) is 1. The summed E-state index contributed by atoms with van der Waals surface area (Å²) in [5.41, 5.74) is 0. The molecule has 0 N–H and O–H groups in total. The average molecular weight is 137 g/mol. The molecule has 2 aliphatic heterocycles. The van der Waals surface area contributed by atoms with Gasteiger partial charge >= 0.3 is 0 Å². The summed E-state index contributed by atoms with van der Waals surface area (Å²) in [6.45, 7) is 2.08. The van der Waals surface area contributed by atoms with E-state index in [9.17, 15) is 4.79 Å². The summed E-state index contributed by atoms with van der Waals surface area (Å²) in [5.74, 6) is 0.403. The number of nitrogens with zero attached hydrogens (tertiary/aromatic N) is 1. The molecule has 1 saturated heterocycles. The zero-order valence-corrected chi connectivity index (χ0v) is 5.92. The van der Waals surface area contributed by atoms with Gasteiger partial charge in [-0.3, -0.25) is 9.69 Å². The van der Waals surface area contributed by atoms with Crippen molar-refractivity contribution in [3.8, 4) is 0 Å². The van der Waals surface area contributed by atoms with Gasteiger partial charge in [-0.1, -0.05) is 12.2 Å². The van der Waals surface area contributed by atoms with E-state index in [0.29, 0.717) is 5.78 Å². The van der Waals surface area contributed by atoms with Crippen molar-refractivity contribution in [3.63, 3.8) is 0 Å². The van der Waals surface area contributed by atoms with Crippen molar-refractivity contribution in [2.45, 2.75) is 18.9 Å². The molecule has 1 fully saturated rings. The average Bonchev–Trinajstić information content (AvgIpc) is 2.36. The Morgan fingerprint density at radius 2 is 2.50 bits per heavy atom. The zero-order valence-electron chi connectivity index (χ0n) is 5.92. The van der Waals surface area contributed by atoms with E-state index in [0.717, 1.165) is 25.9 Å². The van der Waals surface area contributed by atoms with Gasteiger partial charge < -0.3 is 0 Å². The molecule has 2 aliphatic rings. The van der Waals surface area contributed by atoms with Crippen molar-refractivity contribution in [1.82, 2.24) is 4.90 Å². The van der Waals surface area contributed by atoms with Gasteiger partial charge in [0.25, 0.3) is 0 Å². The summed E-state index contributed by atoms with van der Waals surface area (Å²) in [4.78, 5) is 13.4. The van der Waals surface area contributed by atoms with E-state index in [-0.39, 0.29) is 6.04 Å². The second-order valence-electron chi connectivity index (χ2n) is 2.94. The van der Waals surface area contributed by atoms with Crippen LogP contribution in [0.4, 0.5) is 0 Å². The second-order valence-corrected chi connectivity index (χ2v) is 2.94. The third-order valence-corrected chi connectivity index (χ3v) is 2.25. The third kappa shape index (κ3) is 0.797. The molecular formula is C8H11NO. The van der Waals surface area contributed by atoms with Gasteiger partial charge in [-0.15, -0.1) is 0 Å². The Labute approximate surface area is 60.5 Å². The lowest BCUT2D eigenvalue weighted by atomic mass is 10.0. The van der Waals surface area contributed by atoms with Gasteiger partial charge in [-0.25, -0.2) is 0 Å². The maximum absolute atomic E-state index is 11.2. The molecule has 0 bridgehead atoms. The lowest BCUT2D eigenvalue weighted by Crippen LogP contribution is -2.41. The van der Waals surface area contributed by atoms with Gasteiger partial charge in [-0.05, 0) is 13.0 Å². The summed E-state index contributed by atoms with van der Waals surface area (Å²) in [6.07, 6.45) is 5.96. The number of hydrogen-bond donors (Lipinski definition) is 0. The van der Waals surface area contributed by atoms with Crippen molar-refractivity contribution in [2.24, 2.45) is 0 Å². The highest BCUT2D eigenvalue weighted by molar-refractivity contribution is 5.87. The standard InChI is InChI=1S/C8H11NO/c10-8-4-2-6-9-5-1-3-7(8)9/h1,3,7H,2,4-6H2. The van der Waals surface area contributed by atoms with Crippen molar-refractivity contribution in [2.75, 3.05) is 13.1 Å². The maximum Gasteiger partial charge on any atom is 0.153 e. The van der Waals surface area contributed by atoms with Gasteiger partial charge in [-0.2, -0.15) is 0 Å². The smallest absolute Gasteiger partial charge is 0.153 e. The van der Waals surface area contributed by atoms with Crippen LogP contribution in [-0.2, 0) is 4.79 Å². The molecule has 2 rings (SSSR count). The first-order valence-corrected chi connectivity index (χ1v) is 3.81. The fraction of sp³-hybridized carbons (Fsp3) is 0.625. The maximum atomic E-state index is 11.2. The van der Waals surface area contributed by atoms with Gasteiger partial charge in [0, 0.05) is 13.0 Å². The Bertz CT molecular complexity index is 186. The molecule has 0 amide bonds. The highest BCUT2D eigenvalue weighted by atomic mass is 16.1. The highest BCUT2D eigenvalue weighted by Crippen LogP contribution is 2.18. The number of rotatable bonds is 0. The largest absolute Gasteiger partial charge is 0.298 e. The summed E-state index contributed by atoms with van der Waals surface area (Å²) in [6, 6.07) is 0.147. The molecule has 2 heterocycles. The fourth-order valence-electron chi connectivity index (χ4n) is 1.71. The van der Waals surface area contributed by atoms with Gasteiger partial charge in [0.1, 0.15) is 0 Å². The van der Waals surface area contributed by atoms with Crippen LogP contribution in [0, 0.1) is 0 Å².